The summed E-state index contributed by atoms with van der Waals surface area (Å²) in [5.74, 6) is -1.09. The average molecular weight is 365 g/mol. The van der Waals surface area contributed by atoms with Crippen molar-refractivity contribution in [2.75, 3.05) is 0 Å². The molecule has 1 aromatic carbocycles. The summed E-state index contributed by atoms with van der Waals surface area (Å²) < 4.78 is 0. The molecule has 0 spiro atoms. The van der Waals surface area contributed by atoms with E-state index >= 15 is 0 Å². The number of carbonyl (C=O) groups is 2. The maximum Gasteiger partial charge on any atom is 0.355 e. The fraction of sp³-hybridized carbons (Fsp3) is 0.353. The van der Waals surface area contributed by atoms with E-state index in [2.05, 4.69) is 10.3 Å². The van der Waals surface area contributed by atoms with E-state index in [0.29, 0.717) is 10.0 Å². The second-order valence-electron chi connectivity index (χ2n) is 5.91. The number of benzene rings is 1. The molecule has 24 heavy (non-hydrogen) atoms. The summed E-state index contributed by atoms with van der Waals surface area (Å²) in [4.78, 5) is 27.8. The summed E-state index contributed by atoms with van der Waals surface area (Å²) in [5, 5.41) is 14.6. The van der Waals surface area contributed by atoms with Gasteiger partial charge < -0.3 is 10.4 Å². The summed E-state index contributed by atoms with van der Waals surface area (Å²) in [6.45, 7) is 0.242. The van der Waals surface area contributed by atoms with Gasteiger partial charge in [0, 0.05) is 10.4 Å². The second-order valence-corrected chi connectivity index (χ2v) is 7.29. The molecule has 0 atom stereocenters. The molecule has 0 saturated heterocycles. The van der Waals surface area contributed by atoms with Gasteiger partial charge in [-0.3, -0.25) is 4.79 Å². The fourth-order valence-electron chi connectivity index (χ4n) is 3.21. The van der Waals surface area contributed by atoms with Gasteiger partial charge in [-0.25, -0.2) is 9.78 Å². The molecule has 2 N–H and O–H groups in total. The first-order valence-electron chi connectivity index (χ1n) is 7.73. The Morgan fingerprint density at radius 1 is 1.25 bits per heavy atom. The zero-order valence-corrected chi connectivity index (χ0v) is 14.5. The minimum atomic E-state index is -1.06. The maximum absolute atomic E-state index is 12.9. The molecule has 1 aliphatic carbocycles. The molecule has 5 nitrogen and oxygen atoms in total. The van der Waals surface area contributed by atoms with Gasteiger partial charge in [-0.1, -0.05) is 36.6 Å². The molecule has 3 rings (SSSR count). The normalized spacial score (nSPS) is 16.0. The first-order chi connectivity index (χ1) is 11.5. The lowest BCUT2D eigenvalue weighted by Gasteiger charge is -2.28. The van der Waals surface area contributed by atoms with Crippen LogP contribution in [0, 0.1) is 0 Å². The van der Waals surface area contributed by atoms with E-state index in [1.165, 1.54) is 16.7 Å². The second kappa shape index (κ2) is 6.91. The first-order valence-corrected chi connectivity index (χ1v) is 8.99. The Labute approximate surface area is 148 Å². The van der Waals surface area contributed by atoms with E-state index < -0.39 is 11.4 Å². The molecule has 1 amide bonds. The molecule has 1 saturated carbocycles. The highest BCUT2D eigenvalue weighted by molar-refractivity contribution is 7.09. The molecule has 0 bridgehead atoms. The third kappa shape index (κ3) is 3.30. The summed E-state index contributed by atoms with van der Waals surface area (Å²) in [6, 6.07) is 7.45. The number of halogens is 1. The Kier molecular flexibility index (Phi) is 4.87. The Hall–Kier alpha value is -1.92. The number of nitrogens with zero attached hydrogens (tertiary/aromatic N) is 1. The number of aromatic carboxylic acids is 1. The van der Waals surface area contributed by atoms with E-state index in [1.807, 2.05) is 24.3 Å². The standard InChI is InChI=1S/C17H17ClN2O3S/c18-12-5-3-11(4-6-12)17(7-1-2-8-17)16(23)19-9-14-20-13(10-24-14)15(21)22/h3-6,10H,1-2,7-9H2,(H,19,23)(H,21,22). The van der Waals surface area contributed by atoms with Crippen molar-refractivity contribution in [3.8, 4) is 0 Å². The van der Waals surface area contributed by atoms with Crippen LogP contribution in [0.3, 0.4) is 0 Å². The van der Waals surface area contributed by atoms with Crippen LogP contribution in [-0.4, -0.2) is 22.0 Å². The van der Waals surface area contributed by atoms with Crippen molar-refractivity contribution in [3.05, 3.63) is 50.9 Å². The predicted octanol–water partition coefficient (Wildman–Crippen LogP) is 3.62. The summed E-state index contributed by atoms with van der Waals surface area (Å²) in [5.41, 5.74) is 0.460. The van der Waals surface area contributed by atoms with E-state index in [9.17, 15) is 9.59 Å². The number of amides is 1. The number of carbonyl (C=O) groups excluding carboxylic acids is 1. The SMILES string of the molecule is O=C(O)c1csc(CNC(=O)C2(c3ccc(Cl)cc3)CCCC2)n1. The Bertz CT molecular complexity index is 751. The van der Waals surface area contributed by atoms with Gasteiger partial charge in [-0.05, 0) is 30.5 Å². The molecule has 0 aliphatic heterocycles. The molecule has 126 valence electrons. The molecular weight excluding hydrogens is 348 g/mol. The minimum absolute atomic E-state index is 0.0116. The lowest BCUT2D eigenvalue weighted by atomic mass is 9.78. The van der Waals surface area contributed by atoms with Crippen molar-refractivity contribution in [1.82, 2.24) is 10.3 Å². The van der Waals surface area contributed by atoms with Crippen LogP contribution in [-0.2, 0) is 16.8 Å². The van der Waals surface area contributed by atoms with Crippen molar-refractivity contribution < 1.29 is 14.7 Å². The van der Waals surface area contributed by atoms with Crippen LogP contribution in [0.15, 0.2) is 29.6 Å². The van der Waals surface area contributed by atoms with Crippen molar-refractivity contribution >= 4 is 34.8 Å². The zero-order valence-electron chi connectivity index (χ0n) is 12.9. The van der Waals surface area contributed by atoms with Gasteiger partial charge in [0.05, 0.1) is 12.0 Å². The van der Waals surface area contributed by atoms with Crippen LogP contribution in [0.4, 0.5) is 0 Å². The largest absolute Gasteiger partial charge is 0.476 e. The number of thiazole rings is 1. The number of hydrogen-bond donors (Lipinski definition) is 2. The third-order valence-electron chi connectivity index (χ3n) is 4.46. The smallest absolute Gasteiger partial charge is 0.355 e. The summed E-state index contributed by atoms with van der Waals surface area (Å²) in [6.07, 6.45) is 3.63. The molecule has 0 radical (unpaired) electrons. The molecule has 2 aromatic rings. The molecule has 7 heteroatoms. The lowest BCUT2D eigenvalue weighted by Crippen LogP contribution is -2.42. The quantitative estimate of drug-likeness (QED) is 0.849. The van der Waals surface area contributed by atoms with E-state index in [1.54, 1.807) is 0 Å². The van der Waals surface area contributed by atoms with E-state index in [-0.39, 0.29) is 18.1 Å². The molecule has 1 aliphatic rings. The van der Waals surface area contributed by atoms with Crippen LogP contribution in [0.5, 0.6) is 0 Å². The van der Waals surface area contributed by atoms with Gasteiger partial charge in [0.15, 0.2) is 5.69 Å². The molecule has 1 heterocycles. The van der Waals surface area contributed by atoms with Crippen LogP contribution >= 0.6 is 22.9 Å². The van der Waals surface area contributed by atoms with Gasteiger partial charge in [-0.15, -0.1) is 11.3 Å². The average Bonchev–Trinajstić information content (AvgIpc) is 3.23. The van der Waals surface area contributed by atoms with E-state index in [0.717, 1.165) is 31.2 Å². The molecule has 0 unspecified atom stereocenters. The van der Waals surface area contributed by atoms with Crippen LogP contribution in [0.2, 0.25) is 5.02 Å². The molecule has 1 fully saturated rings. The maximum atomic E-state index is 12.9. The lowest BCUT2D eigenvalue weighted by molar-refractivity contribution is -0.126. The van der Waals surface area contributed by atoms with Crippen LogP contribution in [0.25, 0.3) is 0 Å². The minimum Gasteiger partial charge on any atom is -0.476 e. The highest BCUT2D eigenvalue weighted by Crippen LogP contribution is 2.41. The van der Waals surface area contributed by atoms with Gasteiger partial charge >= 0.3 is 5.97 Å². The topological polar surface area (TPSA) is 79.3 Å². The monoisotopic (exact) mass is 364 g/mol. The van der Waals surface area contributed by atoms with E-state index in [4.69, 9.17) is 16.7 Å². The highest BCUT2D eigenvalue weighted by atomic mass is 35.5. The van der Waals surface area contributed by atoms with Crippen molar-refractivity contribution in [2.24, 2.45) is 0 Å². The summed E-state index contributed by atoms with van der Waals surface area (Å²) >= 11 is 7.19. The number of rotatable bonds is 5. The van der Waals surface area contributed by atoms with Gasteiger partial charge in [0.25, 0.3) is 0 Å². The highest BCUT2D eigenvalue weighted by Gasteiger charge is 2.42. The van der Waals surface area contributed by atoms with Crippen molar-refractivity contribution in [2.45, 2.75) is 37.6 Å². The van der Waals surface area contributed by atoms with Crippen molar-refractivity contribution in [3.63, 3.8) is 0 Å². The van der Waals surface area contributed by atoms with Crippen LogP contribution in [0.1, 0.15) is 46.7 Å². The van der Waals surface area contributed by atoms with Gasteiger partial charge in [0.1, 0.15) is 5.01 Å². The number of hydrogen-bond acceptors (Lipinski definition) is 4. The number of carboxylic acids is 1. The fourth-order valence-corrected chi connectivity index (χ4v) is 4.04. The third-order valence-corrected chi connectivity index (χ3v) is 5.56. The summed E-state index contributed by atoms with van der Waals surface area (Å²) in [7, 11) is 0. The molecule has 1 aromatic heterocycles. The Morgan fingerprint density at radius 2 is 1.92 bits per heavy atom. The van der Waals surface area contributed by atoms with Gasteiger partial charge in [-0.2, -0.15) is 0 Å². The Morgan fingerprint density at radius 3 is 2.50 bits per heavy atom. The molecular formula is C17H17ClN2O3S. The number of aromatic nitrogens is 1. The first kappa shape index (κ1) is 16.9. The van der Waals surface area contributed by atoms with Gasteiger partial charge in [0.2, 0.25) is 5.91 Å². The Balaban J connectivity index is 1.75. The number of nitrogens with one attached hydrogen (secondary N) is 1. The zero-order chi connectivity index (χ0) is 17.2. The predicted molar refractivity (Wildman–Crippen MR) is 92.5 cm³/mol. The van der Waals surface area contributed by atoms with Crippen LogP contribution < -0.4 is 5.32 Å². The number of carboxylic acid groups (broad SMARTS) is 1. The van der Waals surface area contributed by atoms with Crippen molar-refractivity contribution in [1.29, 1.82) is 0 Å².